The minimum Gasteiger partial charge on any atom is -0.463 e. The number of benzene rings is 2. The van der Waals surface area contributed by atoms with Crippen molar-refractivity contribution in [3.05, 3.63) is 76.6 Å². The summed E-state index contributed by atoms with van der Waals surface area (Å²) in [5.41, 5.74) is 2.43. The summed E-state index contributed by atoms with van der Waals surface area (Å²) >= 11 is 1.45. The molecular weight excluding hydrogens is 462 g/mol. The van der Waals surface area contributed by atoms with Crippen molar-refractivity contribution in [2.45, 2.75) is 11.4 Å². The van der Waals surface area contributed by atoms with Crippen molar-refractivity contribution in [3.63, 3.8) is 0 Å². The second-order valence-electron chi connectivity index (χ2n) is 7.55. The van der Waals surface area contributed by atoms with Crippen LogP contribution in [-0.4, -0.2) is 38.2 Å². The van der Waals surface area contributed by atoms with Gasteiger partial charge in [-0.15, -0.1) is 11.3 Å². The zero-order valence-electron chi connectivity index (χ0n) is 18.0. The molecule has 0 unspecified atom stereocenters. The average molecular weight is 484 g/mol. The molecule has 1 aliphatic heterocycles. The van der Waals surface area contributed by atoms with E-state index >= 15 is 0 Å². The maximum Gasteiger partial charge on any atom is 0.242 e. The second kappa shape index (κ2) is 8.54. The molecule has 0 bridgehead atoms. The highest BCUT2D eigenvalue weighted by atomic mass is 32.2. The molecule has 0 amide bonds. The molecule has 1 aliphatic rings. The second-order valence-corrected chi connectivity index (χ2v) is 10.5. The molecule has 0 atom stereocenters. The number of aromatic nitrogens is 1. The van der Waals surface area contributed by atoms with Gasteiger partial charge in [0.2, 0.25) is 16.8 Å². The van der Waals surface area contributed by atoms with E-state index in [2.05, 4.69) is 0 Å². The molecule has 2 aromatic carbocycles. The van der Waals surface area contributed by atoms with E-state index in [1.165, 1.54) is 29.7 Å². The van der Waals surface area contributed by atoms with Gasteiger partial charge in [0.05, 0.1) is 29.1 Å². The van der Waals surface area contributed by atoms with Crippen LogP contribution in [0.4, 0.5) is 5.69 Å². The Balaban J connectivity index is 1.59. The first-order valence-electron chi connectivity index (χ1n) is 10.1. The first-order valence-corrected chi connectivity index (χ1v) is 12.4. The van der Waals surface area contributed by atoms with E-state index in [0.29, 0.717) is 22.8 Å². The van der Waals surface area contributed by atoms with Crippen molar-refractivity contribution in [1.82, 2.24) is 8.87 Å². The zero-order valence-corrected chi connectivity index (χ0v) is 19.6. The SMILES string of the molecule is CN(C)S(=O)(=O)c1cccc(N=c2scc(-c3ccco3)n2Cc2ccc3c(c2)OCO3)c1. The number of furan rings is 1. The summed E-state index contributed by atoms with van der Waals surface area (Å²) in [7, 11) is -0.543. The first-order chi connectivity index (χ1) is 15.9. The van der Waals surface area contributed by atoms with Crippen molar-refractivity contribution in [2.75, 3.05) is 20.9 Å². The zero-order chi connectivity index (χ0) is 23.0. The third-order valence-corrected chi connectivity index (χ3v) is 7.84. The maximum atomic E-state index is 12.5. The summed E-state index contributed by atoms with van der Waals surface area (Å²) in [4.78, 5) is 5.67. The van der Waals surface area contributed by atoms with Gasteiger partial charge in [-0.3, -0.25) is 0 Å². The van der Waals surface area contributed by atoms with Gasteiger partial charge in [-0.2, -0.15) is 0 Å². The molecule has 170 valence electrons. The third kappa shape index (κ3) is 4.20. The van der Waals surface area contributed by atoms with E-state index < -0.39 is 10.0 Å². The van der Waals surface area contributed by atoms with E-state index in [1.54, 1.807) is 30.5 Å². The standard InChI is InChI=1S/C23H21N3O5S2/c1-25(2)33(27,28)18-6-3-5-17(12-18)24-23-26(19(14-32-23)20-7-4-10-29-20)13-16-8-9-21-22(11-16)31-15-30-21/h3-12,14H,13,15H2,1-2H3. The lowest BCUT2D eigenvalue weighted by molar-refractivity contribution is 0.174. The lowest BCUT2D eigenvalue weighted by Gasteiger charge is -2.11. The van der Waals surface area contributed by atoms with Crippen molar-refractivity contribution in [1.29, 1.82) is 0 Å². The van der Waals surface area contributed by atoms with Crippen LogP contribution >= 0.6 is 11.3 Å². The van der Waals surface area contributed by atoms with Crippen molar-refractivity contribution >= 4 is 27.0 Å². The Labute approximate surface area is 195 Å². The monoisotopic (exact) mass is 483 g/mol. The lowest BCUT2D eigenvalue weighted by atomic mass is 10.2. The Morgan fingerprint density at radius 2 is 1.91 bits per heavy atom. The Morgan fingerprint density at radius 3 is 2.70 bits per heavy atom. The fraction of sp³-hybridized carbons (Fsp3) is 0.174. The Morgan fingerprint density at radius 1 is 1.06 bits per heavy atom. The van der Waals surface area contributed by atoms with E-state index in [-0.39, 0.29) is 11.7 Å². The molecule has 0 saturated carbocycles. The van der Waals surface area contributed by atoms with Gasteiger partial charge < -0.3 is 18.5 Å². The number of fused-ring (bicyclic) bond motifs is 1. The largest absolute Gasteiger partial charge is 0.463 e. The molecule has 8 nitrogen and oxygen atoms in total. The molecule has 4 aromatic rings. The fourth-order valence-corrected chi connectivity index (χ4v) is 5.30. The first kappa shape index (κ1) is 21.5. The van der Waals surface area contributed by atoms with Crippen molar-refractivity contribution in [3.8, 4) is 23.0 Å². The van der Waals surface area contributed by atoms with Gasteiger partial charge in [0.1, 0.15) is 0 Å². The third-order valence-electron chi connectivity index (χ3n) is 5.17. The van der Waals surface area contributed by atoms with Gasteiger partial charge in [-0.1, -0.05) is 12.1 Å². The van der Waals surface area contributed by atoms with Gasteiger partial charge in [0.15, 0.2) is 22.1 Å². The Bertz CT molecular complexity index is 1470. The van der Waals surface area contributed by atoms with Gasteiger partial charge >= 0.3 is 0 Å². The molecule has 10 heteroatoms. The summed E-state index contributed by atoms with van der Waals surface area (Å²) < 4.78 is 44.9. The van der Waals surface area contributed by atoms with Crippen LogP contribution in [0.2, 0.25) is 0 Å². The minimum absolute atomic E-state index is 0.193. The predicted octanol–water partition coefficient (Wildman–Crippen LogP) is 4.07. The van der Waals surface area contributed by atoms with Crippen LogP contribution in [-0.2, 0) is 16.6 Å². The maximum absolute atomic E-state index is 12.5. The number of hydrogen-bond donors (Lipinski definition) is 0. The Kier molecular flexibility index (Phi) is 5.57. The van der Waals surface area contributed by atoms with Crippen LogP contribution in [0.25, 0.3) is 11.5 Å². The number of nitrogens with zero attached hydrogens (tertiary/aromatic N) is 3. The molecule has 0 saturated heterocycles. The topological polar surface area (TPSA) is 86.3 Å². The van der Waals surface area contributed by atoms with Crippen LogP contribution in [0.15, 0.2) is 80.5 Å². The highest BCUT2D eigenvalue weighted by Crippen LogP contribution is 2.33. The van der Waals surface area contributed by atoms with Crippen molar-refractivity contribution < 1.29 is 22.3 Å². The summed E-state index contributed by atoms with van der Waals surface area (Å²) in [5, 5.41) is 1.98. The Hall–Kier alpha value is -3.34. The molecule has 0 N–H and O–H groups in total. The summed E-state index contributed by atoms with van der Waals surface area (Å²) in [5.74, 6) is 2.16. The number of hydrogen-bond acceptors (Lipinski definition) is 7. The number of sulfonamides is 1. The fourth-order valence-electron chi connectivity index (χ4n) is 3.45. The summed E-state index contributed by atoms with van der Waals surface area (Å²) in [6.45, 7) is 0.736. The molecular formula is C23H21N3O5S2. The van der Waals surface area contributed by atoms with Gasteiger partial charge in [-0.25, -0.2) is 17.7 Å². The highest BCUT2D eigenvalue weighted by molar-refractivity contribution is 7.89. The molecule has 0 fully saturated rings. The summed E-state index contributed by atoms with van der Waals surface area (Å²) in [6.07, 6.45) is 1.63. The van der Waals surface area contributed by atoms with E-state index in [9.17, 15) is 8.42 Å². The van der Waals surface area contributed by atoms with E-state index in [4.69, 9.17) is 18.9 Å². The minimum atomic E-state index is -3.56. The van der Waals surface area contributed by atoms with Crippen LogP contribution in [0, 0.1) is 0 Å². The summed E-state index contributed by atoms with van der Waals surface area (Å²) in [6, 6.07) is 16.2. The van der Waals surface area contributed by atoms with Crippen LogP contribution in [0.3, 0.4) is 0 Å². The van der Waals surface area contributed by atoms with Crippen LogP contribution in [0.5, 0.6) is 11.5 Å². The van der Waals surface area contributed by atoms with E-state index in [0.717, 1.165) is 22.8 Å². The quantitative estimate of drug-likeness (QED) is 0.413. The van der Waals surface area contributed by atoms with Crippen LogP contribution in [0.1, 0.15) is 5.56 Å². The number of rotatable bonds is 6. The molecule has 0 aliphatic carbocycles. The van der Waals surface area contributed by atoms with Crippen molar-refractivity contribution in [2.24, 2.45) is 4.99 Å². The molecule has 3 heterocycles. The highest BCUT2D eigenvalue weighted by Gasteiger charge is 2.18. The predicted molar refractivity (Wildman–Crippen MR) is 124 cm³/mol. The van der Waals surface area contributed by atoms with Gasteiger partial charge in [0, 0.05) is 19.5 Å². The normalized spacial score (nSPS) is 13.7. The molecule has 5 rings (SSSR count). The molecule has 33 heavy (non-hydrogen) atoms. The molecule has 0 radical (unpaired) electrons. The van der Waals surface area contributed by atoms with Gasteiger partial charge in [0.25, 0.3) is 0 Å². The van der Waals surface area contributed by atoms with E-state index in [1.807, 2.05) is 40.3 Å². The molecule has 2 aromatic heterocycles. The average Bonchev–Trinajstić information content (AvgIpc) is 3.55. The lowest BCUT2D eigenvalue weighted by Crippen LogP contribution is -2.22. The van der Waals surface area contributed by atoms with Gasteiger partial charge in [-0.05, 0) is 48.0 Å². The molecule has 0 spiro atoms. The van der Waals surface area contributed by atoms with Crippen LogP contribution < -0.4 is 14.3 Å². The number of ether oxygens (including phenoxy) is 2. The smallest absolute Gasteiger partial charge is 0.242 e. The number of thiazole rings is 1.